The van der Waals surface area contributed by atoms with Crippen molar-refractivity contribution in [3.8, 4) is 12.1 Å². The zero-order valence-corrected chi connectivity index (χ0v) is 15.8. The van der Waals surface area contributed by atoms with E-state index >= 15 is 0 Å². The lowest BCUT2D eigenvalue weighted by Gasteiger charge is -2.37. The van der Waals surface area contributed by atoms with Gasteiger partial charge >= 0.3 is 0 Å². The maximum absolute atomic E-state index is 9.31. The van der Waals surface area contributed by atoms with E-state index in [9.17, 15) is 5.26 Å². The monoisotopic (exact) mass is 352 g/mol. The van der Waals surface area contributed by atoms with E-state index in [0.29, 0.717) is 13.0 Å². The Morgan fingerprint density at radius 2 is 1.70 bits per heavy atom. The third-order valence-corrected chi connectivity index (χ3v) is 5.24. The largest absolute Gasteiger partial charge is 0.361 e. The Morgan fingerprint density at radius 3 is 2.26 bits per heavy atom. The molecule has 0 N–H and O–H groups in total. The van der Waals surface area contributed by atoms with Crippen molar-refractivity contribution >= 4 is 25.3 Å². The topological polar surface area (TPSA) is 56.8 Å². The summed E-state index contributed by atoms with van der Waals surface area (Å²) < 4.78 is 4.84. The van der Waals surface area contributed by atoms with Crippen LogP contribution in [0.5, 0.6) is 0 Å². The number of nitrogens with zero attached hydrogens (tertiary/aromatic N) is 2. The molecule has 5 heteroatoms. The van der Waals surface area contributed by atoms with Crippen LogP contribution in [0.4, 0.5) is 0 Å². The van der Waals surface area contributed by atoms with Gasteiger partial charge in [-0.3, -0.25) is 0 Å². The van der Waals surface area contributed by atoms with Gasteiger partial charge in [0.2, 0.25) is 0 Å². The molecule has 0 saturated carbocycles. The molecule has 3 atom stereocenters. The molecule has 128 valence electrons. The van der Waals surface area contributed by atoms with E-state index < -0.39 is 15.6 Å². The minimum Gasteiger partial charge on any atom is -0.361 e. The zero-order chi connectivity index (χ0) is 17.2. The lowest BCUT2D eigenvalue weighted by molar-refractivity contribution is 0.0431. The van der Waals surface area contributed by atoms with Gasteiger partial charge in [0, 0.05) is 13.0 Å². The van der Waals surface area contributed by atoms with Crippen LogP contribution in [0.3, 0.4) is 0 Å². The summed E-state index contributed by atoms with van der Waals surface area (Å²) in [5, 5.41) is 18.4. The van der Waals surface area contributed by atoms with Crippen molar-refractivity contribution < 1.29 is 4.74 Å². The minimum atomic E-state index is -1.04. The SMILES string of the molecule is CCCCCCCCCCOC1(S)C=CC(C#N)C(S)(C#N)C1. The van der Waals surface area contributed by atoms with Crippen molar-refractivity contribution in [2.75, 3.05) is 6.61 Å². The van der Waals surface area contributed by atoms with E-state index in [1.54, 1.807) is 12.2 Å². The van der Waals surface area contributed by atoms with Crippen LogP contribution in [0, 0.1) is 28.6 Å². The van der Waals surface area contributed by atoms with Gasteiger partial charge in [-0.15, -0.1) is 12.6 Å². The van der Waals surface area contributed by atoms with Crippen molar-refractivity contribution in [1.29, 1.82) is 10.5 Å². The lowest BCUT2D eigenvalue weighted by Crippen LogP contribution is -2.42. The second-order valence-corrected chi connectivity index (χ2v) is 7.90. The summed E-state index contributed by atoms with van der Waals surface area (Å²) in [7, 11) is 0. The fourth-order valence-electron chi connectivity index (χ4n) is 2.80. The highest BCUT2D eigenvalue weighted by Gasteiger charge is 2.45. The first-order chi connectivity index (χ1) is 11.0. The van der Waals surface area contributed by atoms with Crippen LogP contribution < -0.4 is 0 Å². The van der Waals surface area contributed by atoms with Crippen LogP contribution in [-0.2, 0) is 4.74 Å². The Kier molecular flexibility index (Phi) is 9.14. The Labute approximate surface area is 151 Å². The molecule has 0 amide bonds. The highest BCUT2D eigenvalue weighted by molar-refractivity contribution is 7.83. The molecule has 1 rings (SSSR count). The summed E-state index contributed by atoms with van der Waals surface area (Å²) in [6.45, 7) is 2.85. The summed E-state index contributed by atoms with van der Waals surface area (Å²) in [4.78, 5) is -0.800. The quantitative estimate of drug-likeness (QED) is 0.250. The summed E-state index contributed by atoms with van der Waals surface area (Å²) in [5.41, 5.74) is 0. The number of ether oxygens (including phenoxy) is 1. The molecule has 0 aromatic rings. The average Bonchev–Trinajstić information content (AvgIpc) is 2.53. The summed E-state index contributed by atoms with van der Waals surface area (Å²) in [5.74, 6) is -0.525. The molecular weight excluding hydrogens is 324 g/mol. The molecule has 0 aromatic carbocycles. The lowest BCUT2D eigenvalue weighted by atomic mass is 9.83. The number of nitriles is 2. The van der Waals surface area contributed by atoms with Gasteiger partial charge in [-0.2, -0.15) is 23.2 Å². The molecule has 0 bridgehead atoms. The summed E-state index contributed by atoms with van der Waals surface area (Å²) in [6, 6.07) is 4.25. The van der Waals surface area contributed by atoms with Gasteiger partial charge in [0.1, 0.15) is 9.68 Å². The van der Waals surface area contributed by atoms with Gasteiger partial charge in [-0.05, 0) is 12.5 Å². The first-order valence-corrected chi connectivity index (χ1v) is 9.48. The first kappa shape index (κ1) is 20.4. The predicted octanol–water partition coefficient (Wildman–Crippen LogP) is 5.06. The first-order valence-electron chi connectivity index (χ1n) is 8.58. The van der Waals surface area contributed by atoms with E-state index in [-0.39, 0.29) is 0 Å². The standard InChI is InChI=1S/C18H28N2OS2/c1-2-3-4-5-6-7-8-9-12-21-18(23)11-10-16(13-19)17(22,14-18)15-20/h10-11,16,22-23H,2-9,12,14H2,1H3. The molecule has 0 aliphatic heterocycles. The molecule has 0 aromatic heterocycles. The van der Waals surface area contributed by atoms with Gasteiger partial charge in [-0.25, -0.2) is 0 Å². The molecule has 0 heterocycles. The van der Waals surface area contributed by atoms with Crippen LogP contribution in [0.15, 0.2) is 12.2 Å². The van der Waals surface area contributed by atoms with Gasteiger partial charge in [-0.1, -0.05) is 57.9 Å². The van der Waals surface area contributed by atoms with Crippen LogP contribution in [-0.4, -0.2) is 16.3 Å². The van der Waals surface area contributed by atoms with Crippen LogP contribution in [0.25, 0.3) is 0 Å². The fourth-order valence-corrected chi connectivity index (χ4v) is 3.73. The Balaban J connectivity index is 2.27. The third kappa shape index (κ3) is 6.79. The second kappa shape index (κ2) is 10.3. The molecular formula is C18H28N2OS2. The van der Waals surface area contributed by atoms with Gasteiger partial charge in [0.25, 0.3) is 0 Å². The van der Waals surface area contributed by atoms with Crippen molar-refractivity contribution in [3.05, 3.63) is 12.2 Å². The molecule has 1 aliphatic carbocycles. The van der Waals surface area contributed by atoms with Gasteiger partial charge in [0.15, 0.2) is 0 Å². The number of unbranched alkanes of at least 4 members (excludes halogenated alkanes) is 7. The molecule has 1 aliphatic rings. The predicted molar refractivity (Wildman–Crippen MR) is 100 cm³/mol. The zero-order valence-electron chi connectivity index (χ0n) is 14.0. The maximum Gasteiger partial charge on any atom is 0.132 e. The summed E-state index contributed by atoms with van der Waals surface area (Å²) in [6.07, 6.45) is 13.8. The highest BCUT2D eigenvalue weighted by Crippen LogP contribution is 2.42. The van der Waals surface area contributed by atoms with Gasteiger partial charge < -0.3 is 4.74 Å². The van der Waals surface area contributed by atoms with E-state index in [1.807, 2.05) is 0 Å². The normalized spacial score (nSPS) is 29.9. The van der Waals surface area contributed by atoms with Crippen molar-refractivity contribution in [3.63, 3.8) is 0 Å². The number of rotatable bonds is 10. The summed E-state index contributed by atoms with van der Waals surface area (Å²) >= 11 is 8.95. The Morgan fingerprint density at radius 1 is 1.09 bits per heavy atom. The van der Waals surface area contributed by atoms with Crippen LogP contribution in [0.1, 0.15) is 64.7 Å². The minimum absolute atomic E-state index is 0.314. The Hall–Kier alpha value is -0.620. The number of hydrogen-bond acceptors (Lipinski definition) is 5. The molecule has 23 heavy (non-hydrogen) atoms. The van der Waals surface area contributed by atoms with Crippen LogP contribution >= 0.6 is 25.3 Å². The number of thiol groups is 2. The van der Waals surface area contributed by atoms with Crippen molar-refractivity contribution in [2.45, 2.75) is 74.4 Å². The molecule has 0 fully saturated rings. The third-order valence-electron chi connectivity index (χ3n) is 4.27. The number of allylic oxidation sites excluding steroid dienone is 1. The van der Waals surface area contributed by atoms with E-state index in [1.165, 1.54) is 38.5 Å². The second-order valence-electron chi connectivity index (χ2n) is 6.35. The maximum atomic E-state index is 9.31. The van der Waals surface area contributed by atoms with Crippen molar-refractivity contribution in [2.24, 2.45) is 5.92 Å². The molecule has 0 radical (unpaired) electrons. The van der Waals surface area contributed by atoms with E-state index in [0.717, 1.165) is 12.8 Å². The van der Waals surface area contributed by atoms with E-state index in [2.05, 4.69) is 44.3 Å². The molecule has 0 saturated heterocycles. The van der Waals surface area contributed by atoms with Crippen LogP contribution in [0.2, 0.25) is 0 Å². The smallest absolute Gasteiger partial charge is 0.132 e. The average molecular weight is 353 g/mol. The van der Waals surface area contributed by atoms with Crippen molar-refractivity contribution in [1.82, 2.24) is 0 Å². The molecule has 3 nitrogen and oxygen atoms in total. The fraction of sp³-hybridized carbons (Fsp3) is 0.778. The van der Waals surface area contributed by atoms with E-state index in [4.69, 9.17) is 10.00 Å². The molecule has 3 unspecified atom stereocenters. The highest BCUT2D eigenvalue weighted by atomic mass is 32.1. The Bertz CT molecular complexity index is 469. The van der Waals surface area contributed by atoms with Gasteiger partial charge in [0.05, 0.1) is 18.1 Å². The number of hydrogen-bond donors (Lipinski definition) is 2. The molecule has 0 spiro atoms.